The van der Waals surface area contributed by atoms with Crippen molar-refractivity contribution < 1.29 is 23.4 Å². The highest BCUT2D eigenvalue weighted by molar-refractivity contribution is 5.94. The Morgan fingerprint density at radius 3 is 2.71 bits per heavy atom. The summed E-state index contributed by atoms with van der Waals surface area (Å²) in [4.78, 5) is 13.7. The maximum atomic E-state index is 13.6. The molecule has 21 heavy (non-hydrogen) atoms. The molecule has 1 aliphatic heterocycles. The molecule has 1 N–H and O–H groups in total. The average molecular weight is 299 g/mol. The summed E-state index contributed by atoms with van der Waals surface area (Å²) in [5, 5.41) is 8.69. The number of halogens is 2. The molecule has 1 aromatic carbocycles. The smallest absolute Gasteiger partial charge is 0.256 e. The summed E-state index contributed by atoms with van der Waals surface area (Å²) >= 11 is 0. The summed E-state index contributed by atoms with van der Waals surface area (Å²) in [5.74, 6) is -1.81. The highest BCUT2D eigenvalue weighted by atomic mass is 19.1. The van der Waals surface area contributed by atoms with Gasteiger partial charge in [0.2, 0.25) is 0 Å². The van der Waals surface area contributed by atoms with E-state index in [1.807, 2.05) is 0 Å². The molecule has 1 aliphatic rings. The Morgan fingerprint density at radius 1 is 1.33 bits per heavy atom. The van der Waals surface area contributed by atoms with Crippen LogP contribution in [0.5, 0.6) is 0 Å². The fraction of sp³-hybridized carbons (Fsp3) is 0.533. The molecule has 0 spiro atoms. The van der Waals surface area contributed by atoms with Gasteiger partial charge in [-0.15, -0.1) is 0 Å². The first-order valence-corrected chi connectivity index (χ1v) is 7.08. The predicted molar refractivity (Wildman–Crippen MR) is 72.9 cm³/mol. The Bertz CT molecular complexity index is 488. The Morgan fingerprint density at radius 2 is 2.05 bits per heavy atom. The number of piperidine rings is 1. The third kappa shape index (κ3) is 4.22. The van der Waals surface area contributed by atoms with E-state index in [1.165, 1.54) is 4.90 Å². The molecule has 116 valence electrons. The number of ether oxygens (including phenoxy) is 1. The molecule has 4 nitrogen and oxygen atoms in total. The van der Waals surface area contributed by atoms with Gasteiger partial charge in [-0.05, 0) is 37.5 Å². The highest BCUT2D eigenvalue weighted by Crippen LogP contribution is 2.18. The Kier molecular flexibility index (Phi) is 5.64. The van der Waals surface area contributed by atoms with Crippen molar-refractivity contribution in [1.29, 1.82) is 0 Å². The number of benzene rings is 1. The van der Waals surface area contributed by atoms with E-state index in [0.29, 0.717) is 39.0 Å². The lowest BCUT2D eigenvalue weighted by Crippen LogP contribution is -2.41. The second kappa shape index (κ2) is 7.47. The zero-order chi connectivity index (χ0) is 15.2. The molecule has 0 radical (unpaired) electrons. The van der Waals surface area contributed by atoms with Crippen molar-refractivity contribution in [2.24, 2.45) is 0 Å². The van der Waals surface area contributed by atoms with Gasteiger partial charge in [0, 0.05) is 26.3 Å². The number of hydrogen-bond acceptors (Lipinski definition) is 3. The van der Waals surface area contributed by atoms with E-state index in [-0.39, 0.29) is 18.3 Å². The van der Waals surface area contributed by atoms with E-state index < -0.39 is 17.5 Å². The quantitative estimate of drug-likeness (QED) is 0.846. The van der Waals surface area contributed by atoms with E-state index in [1.54, 1.807) is 0 Å². The molecule has 0 aromatic heterocycles. The lowest BCUT2D eigenvalue weighted by molar-refractivity contribution is 0.00387. The topological polar surface area (TPSA) is 49.8 Å². The third-order valence-electron chi connectivity index (χ3n) is 3.54. The molecule has 1 fully saturated rings. The number of aliphatic hydroxyl groups excluding tert-OH is 1. The third-order valence-corrected chi connectivity index (χ3v) is 3.54. The van der Waals surface area contributed by atoms with Crippen LogP contribution >= 0.6 is 0 Å². The van der Waals surface area contributed by atoms with Gasteiger partial charge in [-0.1, -0.05) is 0 Å². The van der Waals surface area contributed by atoms with Crippen LogP contribution < -0.4 is 0 Å². The number of likely N-dealkylation sites (tertiary alicyclic amines) is 1. The Balaban J connectivity index is 1.89. The highest BCUT2D eigenvalue weighted by Gasteiger charge is 2.25. The monoisotopic (exact) mass is 299 g/mol. The van der Waals surface area contributed by atoms with Crippen molar-refractivity contribution in [3.05, 3.63) is 35.4 Å². The molecule has 1 aromatic rings. The number of aliphatic hydroxyl groups is 1. The molecule has 6 heteroatoms. The zero-order valence-electron chi connectivity index (χ0n) is 11.7. The van der Waals surface area contributed by atoms with Crippen LogP contribution in [0.3, 0.4) is 0 Å². The van der Waals surface area contributed by atoms with Crippen LogP contribution in [-0.2, 0) is 4.74 Å². The number of hydrogen-bond donors (Lipinski definition) is 1. The number of nitrogens with zero attached hydrogens (tertiary/aromatic N) is 1. The molecule has 1 heterocycles. The van der Waals surface area contributed by atoms with Crippen molar-refractivity contribution >= 4 is 5.91 Å². The van der Waals surface area contributed by atoms with Gasteiger partial charge in [-0.3, -0.25) is 4.79 Å². The summed E-state index contributed by atoms with van der Waals surface area (Å²) in [6, 6.07) is 2.89. The van der Waals surface area contributed by atoms with Crippen LogP contribution in [0.4, 0.5) is 8.78 Å². The van der Waals surface area contributed by atoms with Gasteiger partial charge in [-0.2, -0.15) is 0 Å². The minimum Gasteiger partial charge on any atom is -0.396 e. The molecule has 0 atom stereocenters. The predicted octanol–water partition coefficient (Wildman–Crippen LogP) is 1.97. The normalized spacial score (nSPS) is 16.2. The van der Waals surface area contributed by atoms with Crippen molar-refractivity contribution in [1.82, 2.24) is 4.90 Å². The molecule has 1 saturated heterocycles. The second-order valence-electron chi connectivity index (χ2n) is 5.06. The molecular formula is C15H19F2NO3. The van der Waals surface area contributed by atoms with Crippen molar-refractivity contribution in [3.8, 4) is 0 Å². The van der Waals surface area contributed by atoms with Crippen LogP contribution in [0, 0.1) is 11.6 Å². The molecule has 0 bridgehead atoms. The molecule has 0 aliphatic carbocycles. The van der Waals surface area contributed by atoms with Crippen LogP contribution in [-0.4, -0.2) is 48.3 Å². The first-order valence-electron chi connectivity index (χ1n) is 7.08. The Hall–Kier alpha value is -1.53. The fourth-order valence-corrected chi connectivity index (χ4v) is 2.37. The molecule has 0 saturated carbocycles. The van der Waals surface area contributed by atoms with Gasteiger partial charge in [0.1, 0.15) is 11.6 Å². The van der Waals surface area contributed by atoms with Crippen molar-refractivity contribution in [3.63, 3.8) is 0 Å². The number of carbonyl (C=O) groups is 1. The van der Waals surface area contributed by atoms with Crippen LogP contribution in [0.1, 0.15) is 29.6 Å². The van der Waals surface area contributed by atoms with Crippen molar-refractivity contribution in [2.45, 2.75) is 25.4 Å². The number of amides is 1. The van der Waals surface area contributed by atoms with E-state index in [0.717, 1.165) is 18.2 Å². The van der Waals surface area contributed by atoms with Gasteiger partial charge in [-0.25, -0.2) is 8.78 Å². The largest absolute Gasteiger partial charge is 0.396 e. The minimum atomic E-state index is -0.706. The van der Waals surface area contributed by atoms with Crippen molar-refractivity contribution in [2.75, 3.05) is 26.3 Å². The molecule has 2 rings (SSSR count). The summed E-state index contributed by atoms with van der Waals surface area (Å²) < 4.78 is 32.3. The fourth-order valence-electron chi connectivity index (χ4n) is 2.37. The molecule has 0 unspecified atom stereocenters. The summed E-state index contributed by atoms with van der Waals surface area (Å²) in [6.45, 7) is 1.50. The standard InChI is InChI=1S/C15H19F2NO3/c16-11-2-3-14(17)13(10-11)15(20)18-6-4-12(5-7-18)21-9-1-8-19/h2-3,10,12,19H,1,4-9H2. The molecule has 1 amide bonds. The minimum absolute atomic E-state index is 0.0537. The second-order valence-corrected chi connectivity index (χ2v) is 5.06. The summed E-state index contributed by atoms with van der Waals surface area (Å²) in [7, 11) is 0. The van der Waals surface area contributed by atoms with Gasteiger partial charge in [0.05, 0.1) is 11.7 Å². The van der Waals surface area contributed by atoms with Crippen LogP contribution in [0.15, 0.2) is 18.2 Å². The zero-order valence-corrected chi connectivity index (χ0v) is 11.7. The first-order chi connectivity index (χ1) is 10.1. The average Bonchev–Trinajstić information content (AvgIpc) is 2.50. The van der Waals surface area contributed by atoms with Crippen LogP contribution in [0.25, 0.3) is 0 Å². The maximum Gasteiger partial charge on any atom is 0.256 e. The Labute approximate surface area is 122 Å². The number of carbonyl (C=O) groups excluding carboxylic acids is 1. The van der Waals surface area contributed by atoms with E-state index in [4.69, 9.17) is 9.84 Å². The SMILES string of the molecule is O=C(c1cc(F)ccc1F)N1CCC(OCCCO)CC1. The first kappa shape index (κ1) is 15.9. The van der Waals surface area contributed by atoms with Crippen LogP contribution in [0.2, 0.25) is 0 Å². The molecular weight excluding hydrogens is 280 g/mol. The maximum absolute atomic E-state index is 13.6. The summed E-state index contributed by atoms with van der Waals surface area (Å²) in [6.07, 6.45) is 1.97. The van der Waals surface area contributed by atoms with E-state index in [9.17, 15) is 13.6 Å². The van der Waals surface area contributed by atoms with Gasteiger partial charge in [0.25, 0.3) is 5.91 Å². The van der Waals surface area contributed by atoms with Gasteiger partial charge < -0.3 is 14.7 Å². The van der Waals surface area contributed by atoms with E-state index >= 15 is 0 Å². The van der Waals surface area contributed by atoms with Gasteiger partial charge in [0.15, 0.2) is 0 Å². The summed E-state index contributed by atoms with van der Waals surface area (Å²) in [5.41, 5.74) is -0.227. The van der Waals surface area contributed by atoms with E-state index in [2.05, 4.69) is 0 Å². The van der Waals surface area contributed by atoms with Gasteiger partial charge >= 0.3 is 0 Å². The lowest BCUT2D eigenvalue weighted by atomic mass is 10.1. The number of rotatable bonds is 5. The lowest BCUT2D eigenvalue weighted by Gasteiger charge is -2.32.